The summed E-state index contributed by atoms with van der Waals surface area (Å²) in [5.41, 5.74) is 10.6. The van der Waals surface area contributed by atoms with Gasteiger partial charge in [-0.05, 0) is 56.0 Å². The van der Waals surface area contributed by atoms with Crippen LogP contribution in [0.2, 0.25) is 5.02 Å². The summed E-state index contributed by atoms with van der Waals surface area (Å²) in [5.74, 6) is 0.143. The lowest BCUT2D eigenvalue weighted by Gasteiger charge is -2.30. The Kier molecular flexibility index (Phi) is 6.47. The predicted octanol–water partition coefficient (Wildman–Crippen LogP) is 5.20. The highest BCUT2D eigenvalue weighted by Crippen LogP contribution is 2.40. The Morgan fingerprint density at radius 3 is 2.48 bits per heavy atom. The number of primary amides is 1. The molecular formula is C26H27ClN2O4. The molecule has 0 radical (unpaired) electrons. The number of amides is 2. The molecule has 0 bridgehead atoms. The maximum Gasteiger partial charge on any atom is 0.246 e. The predicted molar refractivity (Wildman–Crippen MR) is 130 cm³/mol. The maximum absolute atomic E-state index is 12.9. The van der Waals surface area contributed by atoms with E-state index in [0.717, 1.165) is 38.8 Å². The molecule has 0 spiro atoms. The van der Waals surface area contributed by atoms with Crippen LogP contribution in [0, 0.1) is 12.8 Å². The molecule has 2 heterocycles. The van der Waals surface area contributed by atoms with E-state index in [1.165, 1.54) is 0 Å². The quantitative estimate of drug-likeness (QED) is 0.524. The fourth-order valence-corrected chi connectivity index (χ4v) is 4.59. The number of hydrogen-bond acceptors (Lipinski definition) is 4. The molecule has 1 aromatic heterocycles. The first-order chi connectivity index (χ1) is 15.8. The van der Waals surface area contributed by atoms with Crippen LogP contribution in [0.3, 0.4) is 0 Å². The van der Waals surface area contributed by atoms with E-state index in [-0.39, 0.29) is 17.7 Å². The number of halogens is 1. The molecule has 0 saturated carbocycles. The minimum atomic E-state index is -0.293. The number of hydrogen-bond donors (Lipinski definition) is 1. The van der Waals surface area contributed by atoms with Crippen molar-refractivity contribution in [2.45, 2.75) is 26.7 Å². The number of furan rings is 1. The molecular weight excluding hydrogens is 440 g/mol. The zero-order valence-corrected chi connectivity index (χ0v) is 19.7. The van der Waals surface area contributed by atoms with Crippen LogP contribution in [0.5, 0.6) is 5.75 Å². The Morgan fingerprint density at radius 1 is 1.21 bits per heavy atom. The molecule has 33 heavy (non-hydrogen) atoms. The van der Waals surface area contributed by atoms with Crippen LogP contribution in [0.25, 0.3) is 27.7 Å². The van der Waals surface area contributed by atoms with Crippen LogP contribution in [0.4, 0.5) is 0 Å². The van der Waals surface area contributed by atoms with Gasteiger partial charge in [-0.3, -0.25) is 9.59 Å². The lowest BCUT2D eigenvalue weighted by molar-refractivity contribution is -0.130. The summed E-state index contributed by atoms with van der Waals surface area (Å²) in [7, 11) is 1.62. The summed E-state index contributed by atoms with van der Waals surface area (Å²) in [4.78, 5) is 26.1. The number of carbonyl (C=O) groups is 2. The van der Waals surface area contributed by atoms with E-state index in [1.807, 2.05) is 44.2 Å². The summed E-state index contributed by atoms with van der Waals surface area (Å²) < 4.78 is 11.6. The van der Waals surface area contributed by atoms with Gasteiger partial charge in [0.1, 0.15) is 11.3 Å². The molecule has 1 saturated heterocycles. The number of allylic oxidation sites excluding steroid dienone is 1. The zero-order valence-electron chi connectivity index (χ0n) is 19.0. The molecule has 2 amide bonds. The third-order valence-electron chi connectivity index (χ3n) is 6.38. The van der Waals surface area contributed by atoms with Crippen LogP contribution < -0.4 is 10.5 Å². The lowest BCUT2D eigenvalue weighted by Crippen LogP contribution is -2.41. The minimum absolute atomic E-state index is 0.0830. The van der Waals surface area contributed by atoms with E-state index in [0.29, 0.717) is 36.7 Å². The normalized spacial score (nSPS) is 15.2. The Hall–Kier alpha value is -3.25. The smallest absolute Gasteiger partial charge is 0.246 e. The number of fused-ring (bicyclic) bond motifs is 1. The number of ether oxygens (including phenoxy) is 1. The average Bonchev–Trinajstić information content (AvgIpc) is 3.23. The highest BCUT2D eigenvalue weighted by molar-refractivity contribution is 6.30. The molecule has 7 heteroatoms. The highest BCUT2D eigenvalue weighted by atomic mass is 35.5. The van der Waals surface area contributed by atoms with Crippen molar-refractivity contribution >= 4 is 40.0 Å². The van der Waals surface area contributed by atoms with Crippen molar-refractivity contribution in [2.75, 3.05) is 20.2 Å². The lowest BCUT2D eigenvalue weighted by atomic mass is 9.95. The molecule has 4 rings (SSSR count). The van der Waals surface area contributed by atoms with Crippen molar-refractivity contribution in [3.8, 4) is 16.9 Å². The van der Waals surface area contributed by atoms with Crippen LogP contribution in [-0.2, 0) is 9.59 Å². The molecule has 1 aliphatic rings. The largest absolute Gasteiger partial charge is 0.496 e. The van der Waals surface area contributed by atoms with Gasteiger partial charge in [0, 0.05) is 52.2 Å². The first kappa shape index (κ1) is 22.9. The molecule has 172 valence electrons. The van der Waals surface area contributed by atoms with E-state index >= 15 is 0 Å². The first-order valence-corrected chi connectivity index (χ1v) is 11.3. The molecule has 1 fully saturated rings. The molecule has 0 aliphatic carbocycles. The second-order valence-electron chi connectivity index (χ2n) is 8.44. The van der Waals surface area contributed by atoms with Gasteiger partial charge >= 0.3 is 0 Å². The van der Waals surface area contributed by atoms with Crippen LogP contribution in [0.15, 0.2) is 47.1 Å². The number of carbonyl (C=O) groups excluding carboxylic acids is 2. The monoisotopic (exact) mass is 466 g/mol. The third-order valence-corrected chi connectivity index (χ3v) is 6.63. The number of piperidine rings is 1. The van der Waals surface area contributed by atoms with E-state index < -0.39 is 0 Å². The van der Waals surface area contributed by atoms with Gasteiger partial charge in [0.25, 0.3) is 0 Å². The van der Waals surface area contributed by atoms with Gasteiger partial charge in [0.05, 0.1) is 13.4 Å². The van der Waals surface area contributed by atoms with Gasteiger partial charge in [-0.25, -0.2) is 0 Å². The molecule has 1 aliphatic heterocycles. The topological polar surface area (TPSA) is 85.8 Å². The Labute approximate surface area is 197 Å². The Bertz CT molecular complexity index is 1240. The van der Waals surface area contributed by atoms with Crippen molar-refractivity contribution in [1.82, 2.24) is 4.90 Å². The molecule has 3 aromatic rings. The van der Waals surface area contributed by atoms with Gasteiger partial charge in [-0.1, -0.05) is 23.7 Å². The number of rotatable bonds is 5. The van der Waals surface area contributed by atoms with Crippen LogP contribution >= 0.6 is 11.6 Å². The Morgan fingerprint density at radius 2 is 1.88 bits per heavy atom. The van der Waals surface area contributed by atoms with Gasteiger partial charge in [0.15, 0.2) is 0 Å². The number of nitrogens with zero attached hydrogens (tertiary/aromatic N) is 1. The summed E-state index contributed by atoms with van der Waals surface area (Å²) in [6, 6.07) is 9.60. The SMILES string of the molecule is COc1c(/C(C)=C/C(=O)N2CCC(C(N)=O)CC2)cc2c(-c3ccc(Cl)cc3)coc2c1C. The zero-order chi connectivity index (χ0) is 23.7. The molecule has 2 aromatic carbocycles. The van der Waals surface area contributed by atoms with Gasteiger partial charge in [-0.15, -0.1) is 0 Å². The van der Waals surface area contributed by atoms with Crippen molar-refractivity contribution in [3.63, 3.8) is 0 Å². The fraction of sp³-hybridized carbons (Fsp3) is 0.308. The summed E-state index contributed by atoms with van der Waals surface area (Å²) in [6.45, 7) is 4.89. The molecule has 0 unspecified atom stereocenters. The van der Waals surface area contributed by atoms with Gasteiger partial charge in [-0.2, -0.15) is 0 Å². The minimum Gasteiger partial charge on any atom is -0.496 e. The number of aryl methyl sites for hydroxylation is 1. The van der Waals surface area contributed by atoms with E-state index in [4.69, 9.17) is 26.5 Å². The van der Waals surface area contributed by atoms with Gasteiger partial charge in [0.2, 0.25) is 11.8 Å². The summed E-state index contributed by atoms with van der Waals surface area (Å²) >= 11 is 6.05. The van der Waals surface area contributed by atoms with Crippen molar-refractivity contribution in [3.05, 3.63) is 58.8 Å². The van der Waals surface area contributed by atoms with Crippen LogP contribution in [-0.4, -0.2) is 36.9 Å². The van der Waals surface area contributed by atoms with E-state index in [1.54, 1.807) is 24.3 Å². The number of likely N-dealkylation sites (tertiary alicyclic amines) is 1. The second kappa shape index (κ2) is 9.32. The Balaban J connectivity index is 1.70. The fourth-order valence-electron chi connectivity index (χ4n) is 4.46. The molecule has 0 atom stereocenters. The average molecular weight is 467 g/mol. The number of benzene rings is 2. The van der Waals surface area contributed by atoms with E-state index in [2.05, 4.69) is 0 Å². The number of nitrogens with two attached hydrogens (primary N) is 1. The maximum atomic E-state index is 12.9. The first-order valence-electron chi connectivity index (χ1n) is 10.9. The summed E-state index contributed by atoms with van der Waals surface area (Å²) in [5, 5.41) is 1.61. The third kappa shape index (κ3) is 4.48. The highest BCUT2D eigenvalue weighted by Gasteiger charge is 2.25. The van der Waals surface area contributed by atoms with Gasteiger partial charge < -0.3 is 19.8 Å². The summed E-state index contributed by atoms with van der Waals surface area (Å²) in [6.07, 6.45) is 4.57. The van der Waals surface area contributed by atoms with Crippen molar-refractivity contribution in [2.24, 2.45) is 11.7 Å². The van der Waals surface area contributed by atoms with E-state index in [9.17, 15) is 9.59 Å². The second-order valence-corrected chi connectivity index (χ2v) is 8.88. The van der Waals surface area contributed by atoms with Crippen LogP contribution in [0.1, 0.15) is 30.9 Å². The molecule has 2 N–H and O–H groups in total. The van der Waals surface area contributed by atoms with Crippen molar-refractivity contribution in [1.29, 1.82) is 0 Å². The molecule has 6 nitrogen and oxygen atoms in total. The van der Waals surface area contributed by atoms with Crippen molar-refractivity contribution < 1.29 is 18.7 Å². The number of methoxy groups -OCH3 is 1. The standard InChI is InChI=1S/C26H27ClN2O4/c1-15(12-23(30)29-10-8-18(9-11-29)26(28)31)20-13-21-22(17-4-6-19(27)7-5-17)14-33-25(21)16(2)24(20)32-3/h4-7,12-14,18H,8-11H2,1-3H3,(H2,28,31)/b15-12+.